The lowest BCUT2D eigenvalue weighted by atomic mass is 9.81. The van der Waals surface area contributed by atoms with Crippen molar-refractivity contribution in [2.75, 3.05) is 33.3 Å². The highest BCUT2D eigenvalue weighted by atomic mass is 16.3. The monoisotopic (exact) mass is 276 g/mol. The Labute approximate surface area is 123 Å². The SMILES string of the molecule is CNCC(C)(CN1CCCCC1CO)c1ccccc1. The van der Waals surface area contributed by atoms with Gasteiger partial charge in [-0.25, -0.2) is 0 Å². The van der Waals surface area contributed by atoms with Crippen LogP contribution in [0.15, 0.2) is 30.3 Å². The van der Waals surface area contributed by atoms with E-state index in [0.717, 1.165) is 26.1 Å². The third-order valence-electron chi connectivity index (χ3n) is 4.55. The van der Waals surface area contributed by atoms with Crippen molar-refractivity contribution >= 4 is 0 Å². The molecule has 1 heterocycles. The second-order valence-corrected chi connectivity index (χ2v) is 6.26. The number of nitrogens with zero attached hydrogens (tertiary/aromatic N) is 1. The molecule has 1 fully saturated rings. The minimum absolute atomic E-state index is 0.0841. The summed E-state index contributed by atoms with van der Waals surface area (Å²) in [6.45, 7) is 5.67. The molecule has 1 aromatic rings. The van der Waals surface area contributed by atoms with Crippen LogP contribution >= 0.6 is 0 Å². The van der Waals surface area contributed by atoms with Gasteiger partial charge in [-0.2, -0.15) is 0 Å². The quantitative estimate of drug-likeness (QED) is 0.834. The maximum Gasteiger partial charge on any atom is 0.0586 e. The van der Waals surface area contributed by atoms with Crippen LogP contribution in [0.3, 0.4) is 0 Å². The molecule has 1 aliphatic rings. The fraction of sp³-hybridized carbons (Fsp3) is 0.647. The first kappa shape index (κ1) is 15.5. The van der Waals surface area contributed by atoms with Crippen molar-refractivity contribution in [3.8, 4) is 0 Å². The predicted octanol–water partition coefficient (Wildman–Crippen LogP) is 2.01. The molecular formula is C17H28N2O. The van der Waals surface area contributed by atoms with Crippen LogP contribution in [0.1, 0.15) is 31.7 Å². The van der Waals surface area contributed by atoms with Gasteiger partial charge < -0.3 is 10.4 Å². The van der Waals surface area contributed by atoms with E-state index in [-0.39, 0.29) is 12.0 Å². The minimum Gasteiger partial charge on any atom is -0.395 e. The van der Waals surface area contributed by atoms with Crippen LogP contribution in [0.2, 0.25) is 0 Å². The number of aliphatic hydroxyl groups is 1. The first-order valence-corrected chi connectivity index (χ1v) is 7.74. The van der Waals surface area contributed by atoms with Crippen LogP contribution in [0.5, 0.6) is 0 Å². The lowest BCUT2D eigenvalue weighted by molar-refractivity contribution is 0.0710. The molecule has 0 aliphatic carbocycles. The molecule has 112 valence electrons. The summed E-state index contributed by atoms with van der Waals surface area (Å²) in [5.41, 5.74) is 1.46. The molecule has 2 rings (SSSR count). The number of benzene rings is 1. The van der Waals surface area contributed by atoms with E-state index in [1.165, 1.54) is 18.4 Å². The highest BCUT2D eigenvalue weighted by molar-refractivity contribution is 5.25. The zero-order valence-corrected chi connectivity index (χ0v) is 12.8. The van der Waals surface area contributed by atoms with Gasteiger partial charge in [0.15, 0.2) is 0 Å². The second-order valence-electron chi connectivity index (χ2n) is 6.26. The molecule has 3 nitrogen and oxygen atoms in total. The average molecular weight is 276 g/mol. The van der Waals surface area contributed by atoms with E-state index in [1.807, 2.05) is 7.05 Å². The van der Waals surface area contributed by atoms with E-state index >= 15 is 0 Å². The Hall–Kier alpha value is -0.900. The number of hydrogen-bond donors (Lipinski definition) is 2. The number of likely N-dealkylation sites (N-methyl/N-ethyl adjacent to an activating group) is 1. The molecule has 0 aromatic heterocycles. The normalized spacial score (nSPS) is 23.4. The lowest BCUT2D eigenvalue weighted by Crippen LogP contribution is -2.51. The molecule has 0 bridgehead atoms. The van der Waals surface area contributed by atoms with Crippen LogP contribution in [-0.2, 0) is 5.41 Å². The van der Waals surface area contributed by atoms with Crippen molar-refractivity contribution < 1.29 is 5.11 Å². The molecule has 3 heteroatoms. The summed E-state index contributed by atoms with van der Waals surface area (Å²) < 4.78 is 0. The van der Waals surface area contributed by atoms with Crippen molar-refractivity contribution in [2.24, 2.45) is 0 Å². The molecule has 1 saturated heterocycles. The zero-order chi connectivity index (χ0) is 14.4. The highest BCUT2D eigenvalue weighted by Gasteiger charge is 2.32. The molecule has 0 spiro atoms. The largest absolute Gasteiger partial charge is 0.395 e. The standard InChI is InChI=1S/C17H28N2O/c1-17(13-18-2,15-8-4-3-5-9-15)14-19-11-7-6-10-16(19)12-20/h3-5,8-9,16,18,20H,6-7,10-14H2,1-2H3. The van der Waals surface area contributed by atoms with E-state index < -0.39 is 0 Å². The topological polar surface area (TPSA) is 35.5 Å². The summed E-state index contributed by atoms with van der Waals surface area (Å²) in [4.78, 5) is 2.48. The molecule has 0 saturated carbocycles. The van der Waals surface area contributed by atoms with Gasteiger partial charge in [0, 0.05) is 24.5 Å². The van der Waals surface area contributed by atoms with Crippen LogP contribution in [0.25, 0.3) is 0 Å². The van der Waals surface area contributed by atoms with Crippen molar-refractivity contribution in [3.63, 3.8) is 0 Å². The lowest BCUT2D eigenvalue weighted by Gasteiger charge is -2.41. The molecule has 2 unspecified atom stereocenters. The van der Waals surface area contributed by atoms with Gasteiger partial charge in [0.2, 0.25) is 0 Å². The van der Waals surface area contributed by atoms with Gasteiger partial charge in [0.25, 0.3) is 0 Å². The number of nitrogens with one attached hydrogen (secondary N) is 1. The van der Waals surface area contributed by atoms with E-state index in [2.05, 4.69) is 47.5 Å². The van der Waals surface area contributed by atoms with E-state index in [9.17, 15) is 5.11 Å². The smallest absolute Gasteiger partial charge is 0.0586 e. The maximum atomic E-state index is 9.60. The molecule has 0 amide bonds. The summed E-state index contributed by atoms with van der Waals surface area (Å²) in [5.74, 6) is 0. The third-order valence-corrected chi connectivity index (χ3v) is 4.55. The second kappa shape index (κ2) is 7.21. The Morgan fingerprint density at radius 3 is 2.70 bits per heavy atom. The van der Waals surface area contributed by atoms with Crippen LogP contribution in [0.4, 0.5) is 0 Å². The molecule has 2 N–H and O–H groups in total. The Bertz CT molecular complexity index is 395. The molecule has 0 radical (unpaired) electrons. The molecule has 1 aliphatic heterocycles. The summed E-state index contributed by atoms with van der Waals surface area (Å²) >= 11 is 0. The van der Waals surface area contributed by atoms with Gasteiger partial charge in [0.1, 0.15) is 0 Å². The number of aliphatic hydroxyl groups excluding tert-OH is 1. The van der Waals surface area contributed by atoms with E-state index in [0.29, 0.717) is 6.04 Å². The Kier molecular flexibility index (Phi) is 5.58. The number of piperidine rings is 1. The molecule has 2 atom stereocenters. The average Bonchev–Trinajstić information content (AvgIpc) is 2.49. The van der Waals surface area contributed by atoms with Gasteiger partial charge in [-0.1, -0.05) is 43.7 Å². The Morgan fingerprint density at radius 2 is 2.05 bits per heavy atom. The van der Waals surface area contributed by atoms with Crippen LogP contribution in [-0.4, -0.2) is 49.3 Å². The Balaban J connectivity index is 2.16. The molecule has 20 heavy (non-hydrogen) atoms. The van der Waals surface area contributed by atoms with Gasteiger partial charge in [-0.3, -0.25) is 4.90 Å². The molecule has 1 aromatic carbocycles. The van der Waals surface area contributed by atoms with Gasteiger partial charge in [-0.05, 0) is 32.0 Å². The zero-order valence-electron chi connectivity index (χ0n) is 12.8. The number of hydrogen-bond acceptors (Lipinski definition) is 3. The van der Waals surface area contributed by atoms with Crippen LogP contribution in [0, 0.1) is 0 Å². The third kappa shape index (κ3) is 3.60. The summed E-state index contributed by atoms with van der Waals surface area (Å²) in [5, 5.41) is 12.9. The van der Waals surface area contributed by atoms with Crippen molar-refractivity contribution in [1.82, 2.24) is 10.2 Å². The van der Waals surface area contributed by atoms with Gasteiger partial charge in [-0.15, -0.1) is 0 Å². The van der Waals surface area contributed by atoms with Crippen molar-refractivity contribution in [1.29, 1.82) is 0 Å². The van der Waals surface area contributed by atoms with Crippen molar-refractivity contribution in [2.45, 2.75) is 37.6 Å². The summed E-state index contributed by atoms with van der Waals surface area (Å²) in [6.07, 6.45) is 3.62. The highest BCUT2D eigenvalue weighted by Crippen LogP contribution is 2.27. The summed E-state index contributed by atoms with van der Waals surface area (Å²) in [6, 6.07) is 11.1. The maximum absolute atomic E-state index is 9.60. The number of rotatable bonds is 6. The van der Waals surface area contributed by atoms with Crippen molar-refractivity contribution in [3.05, 3.63) is 35.9 Å². The molecular weight excluding hydrogens is 248 g/mol. The van der Waals surface area contributed by atoms with E-state index in [4.69, 9.17) is 0 Å². The van der Waals surface area contributed by atoms with Gasteiger partial charge in [0.05, 0.1) is 6.61 Å². The fourth-order valence-electron chi connectivity index (χ4n) is 3.40. The first-order chi connectivity index (χ1) is 9.69. The number of likely N-dealkylation sites (tertiary alicyclic amines) is 1. The van der Waals surface area contributed by atoms with Gasteiger partial charge >= 0.3 is 0 Å². The predicted molar refractivity (Wildman–Crippen MR) is 84.0 cm³/mol. The minimum atomic E-state index is 0.0841. The Morgan fingerprint density at radius 1 is 1.30 bits per heavy atom. The first-order valence-electron chi connectivity index (χ1n) is 7.74. The summed E-state index contributed by atoms with van der Waals surface area (Å²) in [7, 11) is 2.01. The van der Waals surface area contributed by atoms with E-state index in [1.54, 1.807) is 0 Å². The van der Waals surface area contributed by atoms with Crippen LogP contribution < -0.4 is 5.32 Å². The fourth-order valence-corrected chi connectivity index (χ4v) is 3.40.